The van der Waals surface area contributed by atoms with Crippen LogP contribution in [0, 0.1) is 19.8 Å². The molecule has 3 heteroatoms. The number of hydrogen-bond acceptors (Lipinski definition) is 2. The van der Waals surface area contributed by atoms with Crippen molar-refractivity contribution >= 4 is 5.91 Å². The molecule has 1 aliphatic rings. The van der Waals surface area contributed by atoms with Gasteiger partial charge in [-0.15, -0.1) is 0 Å². The van der Waals surface area contributed by atoms with Gasteiger partial charge in [0.05, 0.1) is 6.61 Å². The Kier molecular flexibility index (Phi) is 5.66. The Labute approximate surface area is 128 Å². The zero-order valence-corrected chi connectivity index (χ0v) is 13.5. The second-order valence-corrected chi connectivity index (χ2v) is 6.28. The lowest BCUT2D eigenvalue weighted by Crippen LogP contribution is -2.37. The van der Waals surface area contributed by atoms with E-state index < -0.39 is 0 Å². The summed E-state index contributed by atoms with van der Waals surface area (Å²) < 4.78 is 5.78. The number of aryl methyl sites for hydroxylation is 2. The number of benzene rings is 1. The predicted octanol–water partition coefficient (Wildman–Crippen LogP) is 3.72. The van der Waals surface area contributed by atoms with Crippen molar-refractivity contribution in [1.82, 2.24) is 4.90 Å². The predicted molar refractivity (Wildman–Crippen MR) is 85.6 cm³/mol. The minimum absolute atomic E-state index is 0.283. The molecule has 1 aromatic rings. The van der Waals surface area contributed by atoms with Gasteiger partial charge in [0, 0.05) is 19.5 Å². The summed E-state index contributed by atoms with van der Waals surface area (Å²) in [6.07, 6.45) is 3.67. The molecule has 1 aromatic carbocycles. The van der Waals surface area contributed by atoms with Gasteiger partial charge in [0.25, 0.3) is 0 Å². The summed E-state index contributed by atoms with van der Waals surface area (Å²) in [5.41, 5.74) is 2.40. The van der Waals surface area contributed by atoms with Crippen molar-refractivity contribution in [2.75, 3.05) is 19.7 Å². The van der Waals surface area contributed by atoms with Crippen LogP contribution in [0.5, 0.6) is 5.75 Å². The molecule has 1 heterocycles. The molecule has 0 N–H and O–H groups in total. The van der Waals surface area contributed by atoms with Gasteiger partial charge in [-0.25, -0.2) is 0 Å². The number of hydrogen-bond donors (Lipinski definition) is 0. The third-order valence-electron chi connectivity index (χ3n) is 4.26. The quantitative estimate of drug-likeness (QED) is 0.773. The van der Waals surface area contributed by atoms with Gasteiger partial charge >= 0.3 is 0 Å². The molecule has 21 heavy (non-hydrogen) atoms. The molecule has 0 saturated carbocycles. The van der Waals surface area contributed by atoms with Crippen LogP contribution in [0.2, 0.25) is 0 Å². The highest BCUT2D eigenvalue weighted by Crippen LogP contribution is 2.19. The van der Waals surface area contributed by atoms with Crippen LogP contribution in [0.4, 0.5) is 0 Å². The summed E-state index contributed by atoms with van der Waals surface area (Å²) in [4.78, 5) is 14.1. The molecular formula is C18H27NO2. The van der Waals surface area contributed by atoms with Crippen LogP contribution in [-0.2, 0) is 4.79 Å². The van der Waals surface area contributed by atoms with E-state index in [4.69, 9.17) is 4.74 Å². The van der Waals surface area contributed by atoms with Crippen molar-refractivity contribution in [1.29, 1.82) is 0 Å². The lowest BCUT2D eigenvalue weighted by atomic mass is 9.99. The molecule has 1 fully saturated rings. The monoisotopic (exact) mass is 289 g/mol. The Morgan fingerprint density at radius 1 is 1.29 bits per heavy atom. The van der Waals surface area contributed by atoms with Gasteiger partial charge < -0.3 is 9.64 Å². The van der Waals surface area contributed by atoms with E-state index in [1.807, 2.05) is 11.0 Å². The van der Waals surface area contributed by atoms with Gasteiger partial charge in [0.2, 0.25) is 5.91 Å². The van der Waals surface area contributed by atoms with Gasteiger partial charge in [-0.3, -0.25) is 4.79 Å². The third-order valence-corrected chi connectivity index (χ3v) is 4.26. The van der Waals surface area contributed by atoms with Crippen molar-refractivity contribution in [3.05, 3.63) is 29.3 Å². The van der Waals surface area contributed by atoms with Crippen LogP contribution in [0.1, 0.15) is 43.7 Å². The number of rotatable bonds is 5. The average molecular weight is 289 g/mol. The van der Waals surface area contributed by atoms with Gasteiger partial charge in [-0.05, 0) is 50.7 Å². The molecule has 0 aromatic heterocycles. The van der Waals surface area contributed by atoms with E-state index in [9.17, 15) is 4.79 Å². The Morgan fingerprint density at radius 3 is 2.67 bits per heavy atom. The van der Waals surface area contributed by atoms with E-state index in [-0.39, 0.29) is 5.91 Å². The number of piperidine rings is 1. The lowest BCUT2D eigenvalue weighted by molar-refractivity contribution is -0.132. The molecule has 0 radical (unpaired) electrons. The number of carbonyl (C=O) groups excluding carboxylic acids is 1. The Balaban J connectivity index is 1.68. The summed E-state index contributed by atoms with van der Waals surface area (Å²) in [5.74, 6) is 1.98. The highest BCUT2D eigenvalue weighted by atomic mass is 16.5. The van der Waals surface area contributed by atoms with E-state index >= 15 is 0 Å². The Bertz CT molecular complexity index is 476. The number of nitrogens with zero attached hydrogens (tertiary/aromatic N) is 1. The minimum atomic E-state index is 0.283. The van der Waals surface area contributed by atoms with E-state index in [1.165, 1.54) is 5.56 Å². The number of likely N-dealkylation sites (tertiary alicyclic amines) is 1. The number of amides is 1. The summed E-state index contributed by atoms with van der Waals surface area (Å²) in [6, 6.07) is 6.19. The molecular weight excluding hydrogens is 262 g/mol. The van der Waals surface area contributed by atoms with Crippen LogP contribution >= 0.6 is 0 Å². The third kappa shape index (κ3) is 4.76. The molecule has 0 bridgehead atoms. The molecule has 0 unspecified atom stereocenters. The first kappa shape index (κ1) is 15.9. The highest BCUT2D eigenvalue weighted by molar-refractivity contribution is 5.76. The summed E-state index contributed by atoms with van der Waals surface area (Å²) in [5, 5.41) is 0. The molecule has 2 rings (SSSR count). The second-order valence-electron chi connectivity index (χ2n) is 6.28. The van der Waals surface area contributed by atoms with E-state index in [0.717, 1.165) is 49.6 Å². The fourth-order valence-corrected chi connectivity index (χ4v) is 2.78. The normalized spacial score (nSPS) is 16.0. The van der Waals surface area contributed by atoms with E-state index in [2.05, 4.69) is 32.9 Å². The van der Waals surface area contributed by atoms with Crippen molar-refractivity contribution in [2.45, 2.75) is 46.5 Å². The fourth-order valence-electron chi connectivity index (χ4n) is 2.78. The molecule has 1 saturated heterocycles. The molecule has 0 spiro atoms. The molecule has 1 aliphatic heterocycles. The summed E-state index contributed by atoms with van der Waals surface area (Å²) in [7, 11) is 0. The van der Waals surface area contributed by atoms with Crippen LogP contribution < -0.4 is 4.74 Å². The SMILES string of the molecule is Cc1ccc(OCCCC(=O)N2CCC(C)CC2)c(C)c1. The largest absolute Gasteiger partial charge is 0.493 e. The van der Waals surface area contributed by atoms with Crippen LogP contribution in [-0.4, -0.2) is 30.5 Å². The summed E-state index contributed by atoms with van der Waals surface area (Å²) in [6.45, 7) is 8.87. The maximum atomic E-state index is 12.1. The van der Waals surface area contributed by atoms with Crippen LogP contribution in [0.15, 0.2) is 18.2 Å². The first-order valence-corrected chi connectivity index (χ1v) is 8.04. The van der Waals surface area contributed by atoms with Crippen molar-refractivity contribution in [3.63, 3.8) is 0 Å². The highest BCUT2D eigenvalue weighted by Gasteiger charge is 2.19. The Morgan fingerprint density at radius 2 is 2.00 bits per heavy atom. The summed E-state index contributed by atoms with van der Waals surface area (Å²) >= 11 is 0. The van der Waals surface area contributed by atoms with Gasteiger partial charge in [-0.1, -0.05) is 24.6 Å². The topological polar surface area (TPSA) is 29.5 Å². The number of carbonyl (C=O) groups is 1. The maximum Gasteiger partial charge on any atom is 0.222 e. The van der Waals surface area contributed by atoms with Crippen molar-refractivity contribution in [3.8, 4) is 5.75 Å². The fraction of sp³-hybridized carbons (Fsp3) is 0.611. The molecule has 0 aliphatic carbocycles. The van der Waals surface area contributed by atoms with Gasteiger partial charge in [0.1, 0.15) is 5.75 Å². The van der Waals surface area contributed by atoms with Crippen molar-refractivity contribution < 1.29 is 9.53 Å². The van der Waals surface area contributed by atoms with Crippen LogP contribution in [0.3, 0.4) is 0 Å². The molecule has 3 nitrogen and oxygen atoms in total. The average Bonchev–Trinajstić information content (AvgIpc) is 2.46. The van der Waals surface area contributed by atoms with E-state index in [1.54, 1.807) is 0 Å². The minimum Gasteiger partial charge on any atom is -0.493 e. The molecule has 116 valence electrons. The van der Waals surface area contributed by atoms with Crippen LogP contribution in [0.25, 0.3) is 0 Å². The molecule has 1 amide bonds. The molecule has 0 atom stereocenters. The first-order chi connectivity index (χ1) is 10.1. The smallest absolute Gasteiger partial charge is 0.222 e. The van der Waals surface area contributed by atoms with Gasteiger partial charge in [0.15, 0.2) is 0 Å². The zero-order chi connectivity index (χ0) is 15.2. The Hall–Kier alpha value is -1.51. The number of ether oxygens (including phenoxy) is 1. The second kappa shape index (κ2) is 7.48. The maximum absolute atomic E-state index is 12.1. The lowest BCUT2D eigenvalue weighted by Gasteiger charge is -2.30. The van der Waals surface area contributed by atoms with E-state index in [0.29, 0.717) is 13.0 Å². The first-order valence-electron chi connectivity index (χ1n) is 8.04. The zero-order valence-electron chi connectivity index (χ0n) is 13.5. The van der Waals surface area contributed by atoms with Crippen molar-refractivity contribution in [2.24, 2.45) is 5.92 Å². The standard InChI is InChI=1S/C18H27NO2/c1-14-8-10-19(11-9-14)18(20)5-4-12-21-17-7-6-15(2)13-16(17)3/h6-7,13-14H,4-5,8-12H2,1-3H3. The van der Waals surface area contributed by atoms with Gasteiger partial charge in [-0.2, -0.15) is 0 Å².